The summed E-state index contributed by atoms with van der Waals surface area (Å²) in [4.78, 5) is 3.56. The normalized spacial score (nSPS) is 24.3. The second-order valence-electron chi connectivity index (χ2n) is 6.88. The van der Waals surface area contributed by atoms with Gasteiger partial charge in [-0.2, -0.15) is 0 Å². The summed E-state index contributed by atoms with van der Waals surface area (Å²) < 4.78 is 0. The summed E-state index contributed by atoms with van der Waals surface area (Å²) in [7, 11) is 0. The minimum absolute atomic E-state index is 0.444. The Balaban J connectivity index is 1.48. The summed E-state index contributed by atoms with van der Waals surface area (Å²) in [5, 5.41) is 15.5. The van der Waals surface area contributed by atoms with Crippen molar-refractivity contribution in [2.45, 2.75) is 56.6 Å². The molecule has 1 atom stereocenters. The van der Waals surface area contributed by atoms with Gasteiger partial charge in [-0.1, -0.05) is 31.0 Å². The van der Waals surface area contributed by atoms with E-state index in [1.807, 2.05) is 0 Å². The molecule has 2 aromatic rings. The topological polar surface area (TPSA) is 48.0 Å². The van der Waals surface area contributed by atoms with Crippen LogP contribution in [-0.2, 0) is 12.8 Å². The first kappa shape index (κ1) is 13.4. The zero-order valence-electron chi connectivity index (χ0n) is 12.5. The van der Waals surface area contributed by atoms with Gasteiger partial charge in [-0.15, -0.1) is 0 Å². The van der Waals surface area contributed by atoms with Crippen LogP contribution in [0.3, 0.4) is 0 Å². The summed E-state index contributed by atoms with van der Waals surface area (Å²) in [6.07, 6.45) is 7.63. The van der Waals surface area contributed by atoms with Crippen molar-refractivity contribution in [3.63, 3.8) is 0 Å². The number of aromatic amines is 1. The zero-order valence-corrected chi connectivity index (χ0v) is 12.5. The quantitative estimate of drug-likeness (QED) is 0.811. The number of hydrogen-bond donors (Lipinski definition) is 3. The SMILES string of the molecule is OC1(CNC2CCc3[nH]c4ccccc4c3C2)CCCC1. The Kier molecular flexibility index (Phi) is 3.27. The molecule has 1 heterocycles. The average Bonchev–Trinajstić information content (AvgIpc) is 3.09. The van der Waals surface area contributed by atoms with Gasteiger partial charge in [-0.3, -0.25) is 0 Å². The predicted molar refractivity (Wildman–Crippen MR) is 85.5 cm³/mol. The van der Waals surface area contributed by atoms with Gasteiger partial charge in [0.1, 0.15) is 0 Å². The summed E-state index contributed by atoms with van der Waals surface area (Å²) in [5.41, 5.74) is 3.71. The fraction of sp³-hybridized carbons (Fsp3) is 0.556. The Morgan fingerprint density at radius 3 is 2.90 bits per heavy atom. The smallest absolute Gasteiger partial charge is 0.0771 e. The molecule has 4 rings (SSSR count). The molecule has 0 bridgehead atoms. The maximum absolute atomic E-state index is 10.5. The van der Waals surface area contributed by atoms with E-state index in [4.69, 9.17) is 0 Å². The van der Waals surface area contributed by atoms with E-state index >= 15 is 0 Å². The molecule has 0 amide bonds. The second-order valence-corrected chi connectivity index (χ2v) is 6.88. The van der Waals surface area contributed by atoms with Crippen LogP contribution in [0.25, 0.3) is 10.9 Å². The molecular weight excluding hydrogens is 260 g/mol. The first-order valence-electron chi connectivity index (χ1n) is 8.28. The molecule has 0 saturated heterocycles. The van der Waals surface area contributed by atoms with Crippen molar-refractivity contribution >= 4 is 10.9 Å². The lowest BCUT2D eigenvalue weighted by Crippen LogP contribution is -2.44. The van der Waals surface area contributed by atoms with Crippen LogP contribution in [0.5, 0.6) is 0 Å². The minimum atomic E-state index is -0.444. The summed E-state index contributed by atoms with van der Waals surface area (Å²) in [6.45, 7) is 0.759. The highest BCUT2D eigenvalue weighted by molar-refractivity contribution is 5.84. The van der Waals surface area contributed by atoms with Crippen LogP contribution >= 0.6 is 0 Å². The molecule has 21 heavy (non-hydrogen) atoms. The van der Waals surface area contributed by atoms with Crippen LogP contribution in [0.1, 0.15) is 43.4 Å². The predicted octanol–water partition coefficient (Wildman–Crippen LogP) is 2.92. The molecule has 3 nitrogen and oxygen atoms in total. The molecule has 1 fully saturated rings. The Labute approximate surface area is 125 Å². The highest BCUT2D eigenvalue weighted by atomic mass is 16.3. The number of aliphatic hydroxyl groups is 1. The Morgan fingerprint density at radius 1 is 1.24 bits per heavy atom. The molecule has 1 aromatic heterocycles. The standard InChI is InChI=1S/C18H24N2O/c21-18(9-3-4-10-18)12-19-13-7-8-17-15(11-13)14-5-1-2-6-16(14)20-17/h1-2,5-6,13,19-21H,3-4,7-12H2. The summed E-state index contributed by atoms with van der Waals surface area (Å²) in [6, 6.07) is 9.10. The average molecular weight is 284 g/mol. The number of aryl methyl sites for hydroxylation is 1. The van der Waals surface area contributed by atoms with E-state index in [1.54, 1.807) is 0 Å². The molecular formula is C18H24N2O. The molecule has 0 spiro atoms. The van der Waals surface area contributed by atoms with Crippen molar-refractivity contribution < 1.29 is 5.11 Å². The lowest BCUT2D eigenvalue weighted by molar-refractivity contribution is 0.0443. The van der Waals surface area contributed by atoms with E-state index in [0.717, 1.165) is 38.6 Å². The van der Waals surface area contributed by atoms with Crippen molar-refractivity contribution in [2.75, 3.05) is 6.54 Å². The first-order valence-corrected chi connectivity index (χ1v) is 8.28. The zero-order chi connectivity index (χ0) is 14.3. The van der Waals surface area contributed by atoms with Crippen LogP contribution in [0.2, 0.25) is 0 Å². The fourth-order valence-corrected chi connectivity index (χ4v) is 4.09. The molecule has 3 heteroatoms. The summed E-state index contributed by atoms with van der Waals surface area (Å²) in [5.74, 6) is 0. The molecule has 3 N–H and O–H groups in total. The van der Waals surface area contributed by atoms with E-state index in [-0.39, 0.29) is 0 Å². The number of aromatic nitrogens is 1. The highest BCUT2D eigenvalue weighted by Crippen LogP contribution is 2.31. The number of rotatable bonds is 3. The maximum atomic E-state index is 10.5. The number of hydrogen-bond acceptors (Lipinski definition) is 2. The van der Waals surface area contributed by atoms with Gasteiger partial charge < -0.3 is 15.4 Å². The molecule has 1 unspecified atom stereocenters. The third-order valence-electron chi connectivity index (χ3n) is 5.35. The molecule has 1 saturated carbocycles. The van der Waals surface area contributed by atoms with Crippen molar-refractivity contribution in [1.29, 1.82) is 0 Å². The van der Waals surface area contributed by atoms with Gasteiger partial charge in [0.2, 0.25) is 0 Å². The van der Waals surface area contributed by atoms with Crippen molar-refractivity contribution in [2.24, 2.45) is 0 Å². The maximum Gasteiger partial charge on any atom is 0.0771 e. The third-order valence-corrected chi connectivity index (χ3v) is 5.35. The van der Waals surface area contributed by atoms with Crippen molar-refractivity contribution in [1.82, 2.24) is 10.3 Å². The molecule has 112 valence electrons. The van der Waals surface area contributed by atoms with E-state index in [2.05, 4.69) is 34.6 Å². The summed E-state index contributed by atoms with van der Waals surface area (Å²) >= 11 is 0. The highest BCUT2D eigenvalue weighted by Gasteiger charge is 2.32. The monoisotopic (exact) mass is 284 g/mol. The lowest BCUT2D eigenvalue weighted by atomic mass is 9.90. The van der Waals surface area contributed by atoms with Crippen LogP contribution in [0, 0.1) is 0 Å². The first-order chi connectivity index (χ1) is 10.2. The van der Waals surface area contributed by atoms with E-state index in [0.29, 0.717) is 6.04 Å². The lowest BCUT2D eigenvalue weighted by Gasteiger charge is -2.29. The molecule has 1 aromatic carbocycles. The number of benzene rings is 1. The number of fused-ring (bicyclic) bond motifs is 3. The number of nitrogens with one attached hydrogen (secondary N) is 2. The van der Waals surface area contributed by atoms with E-state index in [1.165, 1.54) is 35.0 Å². The van der Waals surface area contributed by atoms with Gasteiger partial charge >= 0.3 is 0 Å². The van der Waals surface area contributed by atoms with E-state index in [9.17, 15) is 5.11 Å². The largest absolute Gasteiger partial charge is 0.389 e. The van der Waals surface area contributed by atoms with Gasteiger partial charge in [-0.05, 0) is 43.7 Å². The number of para-hydroxylation sites is 1. The van der Waals surface area contributed by atoms with E-state index < -0.39 is 5.60 Å². The van der Waals surface area contributed by atoms with Crippen LogP contribution in [-0.4, -0.2) is 28.3 Å². The molecule has 0 radical (unpaired) electrons. The molecule has 2 aliphatic carbocycles. The van der Waals surface area contributed by atoms with Gasteiger partial charge in [0, 0.05) is 29.2 Å². The van der Waals surface area contributed by atoms with Crippen molar-refractivity contribution in [3.8, 4) is 0 Å². The van der Waals surface area contributed by atoms with Crippen molar-refractivity contribution in [3.05, 3.63) is 35.5 Å². The Hall–Kier alpha value is -1.32. The fourth-order valence-electron chi connectivity index (χ4n) is 4.09. The Bertz CT molecular complexity index is 640. The number of H-pyrrole nitrogens is 1. The van der Waals surface area contributed by atoms with Gasteiger partial charge in [-0.25, -0.2) is 0 Å². The second kappa shape index (κ2) is 5.15. The third kappa shape index (κ3) is 2.49. The van der Waals surface area contributed by atoms with Crippen LogP contribution < -0.4 is 5.32 Å². The minimum Gasteiger partial charge on any atom is -0.389 e. The van der Waals surface area contributed by atoms with Crippen LogP contribution in [0.4, 0.5) is 0 Å². The van der Waals surface area contributed by atoms with Gasteiger partial charge in [0.25, 0.3) is 0 Å². The molecule has 2 aliphatic rings. The van der Waals surface area contributed by atoms with Gasteiger partial charge in [0.05, 0.1) is 5.60 Å². The molecule has 0 aliphatic heterocycles. The Morgan fingerprint density at radius 2 is 2.05 bits per heavy atom. The van der Waals surface area contributed by atoms with Crippen LogP contribution in [0.15, 0.2) is 24.3 Å². The van der Waals surface area contributed by atoms with Gasteiger partial charge in [0.15, 0.2) is 0 Å².